The van der Waals surface area contributed by atoms with E-state index in [0.717, 1.165) is 26.3 Å². The van der Waals surface area contributed by atoms with Crippen LogP contribution in [0.3, 0.4) is 0 Å². The van der Waals surface area contributed by atoms with Gasteiger partial charge in [0.2, 0.25) is 0 Å². The summed E-state index contributed by atoms with van der Waals surface area (Å²) >= 11 is 0. The molecule has 0 saturated carbocycles. The van der Waals surface area contributed by atoms with Crippen LogP contribution in [-0.4, -0.2) is 75.4 Å². The highest BCUT2D eigenvalue weighted by atomic mass is 16.5. The molecule has 0 amide bonds. The van der Waals surface area contributed by atoms with Crippen molar-refractivity contribution in [1.82, 2.24) is 15.1 Å². The molecule has 0 spiro atoms. The zero-order chi connectivity index (χ0) is 14.4. The smallest absolute Gasteiger partial charge is 0.0546 e. The van der Waals surface area contributed by atoms with E-state index in [1.807, 2.05) is 0 Å². The van der Waals surface area contributed by atoms with Gasteiger partial charge in [-0.2, -0.15) is 0 Å². The Bertz CT molecular complexity index is 279. The van der Waals surface area contributed by atoms with Crippen LogP contribution in [0.25, 0.3) is 0 Å². The van der Waals surface area contributed by atoms with Crippen LogP contribution in [0.4, 0.5) is 0 Å². The van der Waals surface area contributed by atoms with Crippen LogP contribution >= 0.6 is 0 Å². The van der Waals surface area contributed by atoms with Crippen molar-refractivity contribution < 1.29 is 4.74 Å². The number of nitrogens with one attached hydrogen (secondary N) is 1. The van der Waals surface area contributed by atoms with Crippen LogP contribution in [-0.2, 0) is 4.74 Å². The van der Waals surface area contributed by atoms with Crippen molar-refractivity contribution in [2.45, 2.75) is 39.2 Å². The van der Waals surface area contributed by atoms with Gasteiger partial charge in [0.05, 0.1) is 6.61 Å². The van der Waals surface area contributed by atoms with E-state index in [2.05, 4.69) is 36.0 Å². The predicted octanol–water partition coefficient (Wildman–Crippen LogP) is 1.42. The Morgan fingerprint density at radius 3 is 2.85 bits per heavy atom. The molecule has 4 nitrogen and oxygen atoms in total. The van der Waals surface area contributed by atoms with Gasteiger partial charge in [-0.25, -0.2) is 0 Å². The van der Waals surface area contributed by atoms with Crippen molar-refractivity contribution in [1.29, 1.82) is 0 Å². The van der Waals surface area contributed by atoms with E-state index in [0.29, 0.717) is 11.5 Å². The van der Waals surface area contributed by atoms with Crippen LogP contribution in [0.2, 0.25) is 0 Å². The van der Waals surface area contributed by atoms with Gasteiger partial charge in [-0.1, -0.05) is 6.92 Å². The summed E-state index contributed by atoms with van der Waals surface area (Å²) in [7, 11) is 2.23. The van der Waals surface area contributed by atoms with Gasteiger partial charge in [0.25, 0.3) is 0 Å². The largest absolute Gasteiger partial charge is 0.381 e. The molecule has 0 aromatic carbocycles. The minimum absolute atomic E-state index is 0.331. The quantitative estimate of drug-likeness (QED) is 0.746. The van der Waals surface area contributed by atoms with Gasteiger partial charge in [-0.3, -0.25) is 4.90 Å². The molecular weight excluding hydrogens is 250 g/mol. The van der Waals surface area contributed by atoms with Gasteiger partial charge in [-0.15, -0.1) is 0 Å². The second-order valence-corrected chi connectivity index (χ2v) is 6.91. The maximum absolute atomic E-state index is 5.84. The van der Waals surface area contributed by atoms with Gasteiger partial charge in [0.1, 0.15) is 0 Å². The molecule has 20 heavy (non-hydrogen) atoms. The van der Waals surface area contributed by atoms with Crippen molar-refractivity contribution in [3.05, 3.63) is 0 Å². The molecule has 118 valence electrons. The molecule has 4 heteroatoms. The number of ether oxygens (including phenoxy) is 1. The van der Waals surface area contributed by atoms with E-state index in [1.165, 1.54) is 45.4 Å². The summed E-state index contributed by atoms with van der Waals surface area (Å²) in [5.74, 6) is 0. The number of hydrogen-bond donors (Lipinski definition) is 1. The van der Waals surface area contributed by atoms with Gasteiger partial charge in [-0.05, 0) is 39.8 Å². The summed E-state index contributed by atoms with van der Waals surface area (Å²) in [6.45, 7) is 13.5. The predicted molar refractivity (Wildman–Crippen MR) is 84.2 cm³/mol. The molecule has 2 aliphatic heterocycles. The first-order chi connectivity index (χ1) is 9.65. The molecule has 0 aromatic rings. The van der Waals surface area contributed by atoms with E-state index in [9.17, 15) is 0 Å². The number of nitrogens with zero attached hydrogens (tertiary/aromatic N) is 2. The number of hydrogen-bond acceptors (Lipinski definition) is 4. The first-order valence-corrected chi connectivity index (χ1v) is 8.36. The van der Waals surface area contributed by atoms with Crippen LogP contribution in [0, 0.1) is 5.41 Å². The molecule has 0 aliphatic carbocycles. The third-order valence-electron chi connectivity index (χ3n) is 4.84. The SMILES string of the molecule is CCCNCC1(CN2CCN(C)CC2C)CCCOC1. The first kappa shape index (κ1) is 16.2. The average Bonchev–Trinajstić information content (AvgIpc) is 2.44. The Hall–Kier alpha value is -0.160. The molecule has 2 aliphatic rings. The van der Waals surface area contributed by atoms with Crippen LogP contribution in [0.5, 0.6) is 0 Å². The molecule has 2 saturated heterocycles. The Kier molecular flexibility index (Phi) is 6.27. The fourth-order valence-electron chi connectivity index (χ4n) is 3.60. The van der Waals surface area contributed by atoms with Crippen LogP contribution in [0.15, 0.2) is 0 Å². The Morgan fingerprint density at radius 1 is 1.35 bits per heavy atom. The maximum atomic E-state index is 5.84. The van der Waals surface area contributed by atoms with E-state index < -0.39 is 0 Å². The van der Waals surface area contributed by atoms with Crippen LogP contribution < -0.4 is 5.32 Å². The lowest BCUT2D eigenvalue weighted by atomic mass is 9.81. The minimum Gasteiger partial charge on any atom is -0.381 e. The van der Waals surface area contributed by atoms with Gasteiger partial charge >= 0.3 is 0 Å². The molecular formula is C16H33N3O. The van der Waals surface area contributed by atoms with Crippen molar-refractivity contribution in [3.8, 4) is 0 Å². The number of piperazine rings is 1. The Balaban J connectivity index is 1.92. The number of rotatable bonds is 6. The second kappa shape index (κ2) is 7.74. The van der Waals surface area contributed by atoms with Gasteiger partial charge in [0.15, 0.2) is 0 Å². The Morgan fingerprint density at radius 2 is 2.20 bits per heavy atom. The average molecular weight is 283 g/mol. The van der Waals surface area contributed by atoms with Crippen molar-refractivity contribution in [3.63, 3.8) is 0 Å². The zero-order valence-corrected chi connectivity index (χ0v) is 13.7. The summed E-state index contributed by atoms with van der Waals surface area (Å²) < 4.78 is 5.84. The molecule has 0 bridgehead atoms. The third kappa shape index (κ3) is 4.42. The van der Waals surface area contributed by atoms with E-state index >= 15 is 0 Å². The first-order valence-electron chi connectivity index (χ1n) is 8.36. The summed E-state index contributed by atoms with van der Waals surface area (Å²) in [4.78, 5) is 5.13. The fourth-order valence-corrected chi connectivity index (χ4v) is 3.60. The molecule has 2 fully saturated rings. The van der Waals surface area contributed by atoms with Crippen molar-refractivity contribution >= 4 is 0 Å². The highest BCUT2D eigenvalue weighted by molar-refractivity contribution is 4.90. The highest BCUT2D eigenvalue weighted by Crippen LogP contribution is 2.30. The zero-order valence-electron chi connectivity index (χ0n) is 13.7. The fraction of sp³-hybridized carbons (Fsp3) is 1.00. The number of likely N-dealkylation sites (N-methyl/N-ethyl adjacent to an activating group) is 1. The van der Waals surface area contributed by atoms with E-state index in [4.69, 9.17) is 4.74 Å². The van der Waals surface area contributed by atoms with E-state index in [1.54, 1.807) is 0 Å². The normalized spacial score (nSPS) is 33.5. The summed E-state index contributed by atoms with van der Waals surface area (Å²) in [5.41, 5.74) is 0.331. The molecule has 0 aromatic heterocycles. The van der Waals surface area contributed by atoms with Crippen molar-refractivity contribution in [2.24, 2.45) is 5.41 Å². The molecule has 1 N–H and O–H groups in total. The Labute approximate surface area is 124 Å². The lowest BCUT2D eigenvalue weighted by molar-refractivity contribution is -0.0409. The van der Waals surface area contributed by atoms with Crippen LogP contribution in [0.1, 0.15) is 33.1 Å². The third-order valence-corrected chi connectivity index (χ3v) is 4.84. The van der Waals surface area contributed by atoms with Gasteiger partial charge < -0.3 is 15.0 Å². The molecule has 2 rings (SSSR count). The standard InChI is InChI=1S/C16H33N3O/c1-4-7-17-12-16(6-5-10-20-14-16)13-19-9-8-18(3)11-15(19)2/h15,17H,4-14H2,1-3H3. The molecule has 0 radical (unpaired) electrons. The topological polar surface area (TPSA) is 27.7 Å². The summed E-state index contributed by atoms with van der Waals surface area (Å²) in [6.07, 6.45) is 3.74. The minimum atomic E-state index is 0.331. The van der Waals surface area contributed by atoms with Gasteiger partial charge in [0, 0.05) is 50.8 Å². The molecule has 2 unspecified atom stereocenters. The second-order valence-electron chi connectivity index (χ2n) is 6.91. The van der Waals surface area contributed by atoms with E-state index in [-0.39, 0.29) is 0 Å². The molecule has 2 atom stereocenters. The monoisotopic (exact) mass is 283 g/mol. The summed E-state index contributed by atoms with van der Waals surface area (Å²) in [6, 6.07) is 0.665. The maximum Gasteiger partial charge on any atom is 0.0546 e. The highest BCUT2D eigenvalue weighted by Gasteiger charge is 2.36. The molecule has 2 heterocycles. The van der Waals surface area contributed by atoms with Crippen molar-refractivity contribution in [2.75, 3.05) is 59.5 Å². The summed E-state index contributed by atoms with van der Waals surface area (Å²) in [5, 5.41) is 3.64. The lowest BCUT2D eigenvalue weighted by Gasteiger charge is -2.46. The lowest BCUT2D eigenvalue weighted by Crippen LogP contribution is -2.56.